The molecule has 1 unspecified atom stereocenters. The van der Waals surface area contributed by atoms with Crippen LogP contribution < -0.4 is 10.6 Å². The first kappa shape index (κ1) is 21.2. The summed E-state index contributed by atoms with van der Waals surface area (Å²) in [7, 11) is 5.37. The summed E-state index contributed by atoms with van der Waals surface area (Å²) in [4.78, 5) is 20.4. The number of guanidine groups is 1. The highest BCUT2D eigenvalue weighted by Crippen LogP contribution is 2.18. The number of likely N-dealkylation sites (tertiary alicyclic amines) is 1. The van der Waals surface area contributed by atoms with Crippen LogP contribution in [0, 0.1) is 12.7 Å². The lowest BCUT2D eigenvalue weighted by Crippen LogP contribution is -2.44. The van der Waals surface area contributed by atoms with Gasteiger partial charge >= 0.3 is 0 Å². The van der Waals surface area contributed by atoms with Crippen LogP contribution in [-0.2, 0) is 11.3 Å². The molecule has 1 amide bonds. The quantitative estimate of drug-likeness (QED) is 0.432. The molecule has 1 heterocycles. The first-order chi connectivity index (χ1) is 12.9. The average Bonchev–Trinajstić information content (AvgIpc) is 3.11. The van der Waals surface area contributed by atoms with Gasteiger partial charge in [-0.25, -0.2) is 4.39 Å². The molecule has 0 radical (unpaired) electrons. The molecule has 2 rings (SSSR count). The molecular weight excluding hydrogens is 345 g/mol. The van der Waals surface area contributed by atoms with Gasteiger partial charge in [0.05, 0.1) is 6.04 Å². The van der Waals surface area contributed by atoms with Crippen molar-refractivity contribution in [2.75, 3.05) is 40.8 Å². The predicted molar refractivity (Wildman–Crippen MR) is 107 cm³/mol. The monoisotopic (exact) mass is 377 g/mol. The second-order valence-corrected chi connectivity index (χ2v) is 7.22. The topological polar surface area (TPSA) is 60.0 Å². The van der Waals surface area contributed by atoms with E-state index in [9.17, 15) is 9.18 Å². The van der Waals surface area contributed by atoms with Gasteiger partial charge in [0.15, 0.2) is 5.96 Å². The fourth-order valence-electron chi connectivity index (χ4n) is 3.38. The van der Waals surface area contributed by atoms with Crippen LogP contribution in [0.15, 0.2) is 23.2 Å². The van der Waals surface area contributed by atoms with Gasteiger partial charge in [0.25, 0.3) is 0 Å². The fraction of sp³-hybridized carbons (Fsp3) is 0.600. The molecule has 0 aromatic heterocycles. The maximum absolute atomic E-state index is 13.3. The Hall–Kier alpha value is -2.15. The van der Waals surface area contributed by atoms with E-state index in [4.69, 9.17) is 0 Å². The summed E-state index contributed by atoms with van der Waals surface area (Å²) in [5.74, 6) is 0.737. The first-order valence-corrected chi connectivity index (χ1v) is 9.57. The van der Waals surface area contributed by atoms with Gasteiger partial charge in [0.2, 0.25) is 5.91 Å². The molecule has 1 aromatic carbocycles. The highest BCUT2D eigenvalue weighted by atomic mass is 19.1. The molecule has 1 fully saturated rings. The summed E-state index contributed by atoms with van der Waals surface area (Å²) in [5.41, 5.74) is 1.66. The van der Waals surface area contributed by atoms with Crippen LogP contribution in [0.2, 0.25) is 0 Å². The van der Waals surface area contributed by atoms with Gasteiger partial charge in [0.1, 0.15) is 5.82 Å². The van der Waals surface area contributed by atoms with Crippen LogP contribution in [0.25, 0.3) is 0 Å². The number of aliphatic imine (C=N–C) groups is 1. The standard InChI is InChI=1S/C20H32FN5O/c1-15-13-16(8-9-17(15)21)14-24-20(22-2)23-10-6-12-26-11-5-7-18(26)19(27)25(3)4/h8-9,13,18H,5-7,10-12,14H2,1-4H3,(H2,22,23,24). The van der Waals surface area contributed by atoms with E-state index >= 15 is 0 Å². The van der Waals surface area contributed by atoms with Gasteiger partial charge in [-0.3, -0.25) is 14.7 Å². The largest absolute Gasteiger partial charge is 0.356 e. The van der Waals surface area contributed by atoms with E-state index in [1.54, 1.807) is 24.9 Å². The lowest BCUT2D eigenvalue weighted by Gasteiger charge is -2.26. The molecule has 1 aliphatic rings. The third kappa shape index (κ3) is 6.20. The van der Waals surface area contributed by atoms with E-state index in [1.807, 2.05) is 20.2 Å². The van der Waals surface area contributed by atoms with Crippen LogP contribution in [0.4, 0.5) is 4.39 Å². The van der Waals surface area contributed by atoms with Crippen LogP contribution in [0.1, 0.15) is 30.4 Å². The maximum atomic E-state index is 13.3. The van der Waals surface area contributed by atoms with Crippen molar-refractivity contribution in [3.63, 3.8) is 0 Å². The van der Waals surface area contributed by atoms with E-state index < -0.39 is 0 Å². The molecule has 27 heavy (non-hydrogen) atoms. The van der Waals surface area contributed by atoms with Crippen molar-refractivity contribution < 1.29 is 9.18 Å². The fourth-order valence-corrected chi connectivity index (χ4v) is 3.38. The number of aryl methyl sites for hydroxylation is 1. The SMILES string of the molecule is CN=C(NCCCN1CCCC1C(=O)N(C)C)NCc1ccc(F)c(C)c1. The number of benzene rings is 1. The van der Waals surface area contributed by atoms with Crippen molar-refractivity contribution in [3.8, 4) is 0 Å². The molecule has 0 bridgehead atoms. The zero-order valence-electron chi connectivity index (χ0n) is 16.9. The van der Waals surface area contributed by atoms with Crippen LogP contribution >= 0.6 is 0 Å². The number of carbonyl (C=O) groups is 1. The molecule has 1 aliphatic heterocycles. The lowest BCUT2D eigenvalue weighted by molar-refractivity contribution is -0.133. The summed E-state index contributed by atoms with van der Waals surface area (Å²) >= 11 is 0. The van der Waals surface area contributed by atoms with Gasteiger partial charge in [-0.05, 0) is 49.9 Å². The highest BCUT2D eigenvalue weighted by molar-refractivity contribution is 5.81. The summed E-state index contributed by atoms with van der Waals surface area (Å²) < 4.78 is 13.3. The van der Waals surface area contributed by atoms with Crippen LogP contribution in [0.3, 0.4) is 0 Å². The second kappa shape index (κ2) is 10.3. The molecule has 150 valence electrons. The number of likely N-dealkylation sites (N-methyl/N-ethyl adjacent to an activating group) is 1. The molecule has 0 aliphatic carbocycles. The molecule has 6 nitrogen and oxygen atoms in total. The van der Waals surface area contributed by atoms with E-state index in [0.717, 1.165) is 50.4 Å². The second-order valence-electron chi connectivity index (χ2n) is 7.22. The number of halogens is 1. The van der Waals surface area contributed by atoms with Gasteiger partial charge in [-0.15, -0.1) is 0 Å². The molecule has 7 heteroatoms. The Kier molecular flexibility index (Phi) is 8.03. The van der Waals surface area contributed by atoms with Crippen LogP contribution in [-0.4, -0.2) is 68.5 Å². The van der Waals surface area contributed by atoms with Gasteiger partial charge in [-0.1, -0.05) is 12.1 Å². The van der Waals surface area contributed by atoms with Crippen molar-refractivity contribution >= 4 is 11.9 Å². The normalized spacial score (nSPS) is 17.8. The maximum Gasteiger partial charge on any atom is 0.239 e. The van der Waals surface area contributed by atoms with Crippen molar-refractivity contribution in [2.24, 2.45) is 4.99 Å². The minimum absolute atomic E-state index is 0.0270. The van der Waals surface area contributed by atoms with Gasteiger partial charge < -0.3 is 15.5 Å². The average molecular weight is 378 g/mol. The van der Waals surface area contributed by atoms with Crippen molar-refractivity contribution in [2.45, 2.75) is 38.8 Å². The Morgan fingerprint density at radius 1 is 1.37 bits per heavy atom. The smallest absolute Gasteiger partial charge is 0.239 e. The Labute approximate surface area is 161 Å². The van der Waals surface area contributed by atoms with Crippen LogP contribution in [0.5, 0.6) is 0 Å². The van der Waals surface area contributed by atoms with E-state index in [-0.39, 0.29) is 17.8 Å². The number of rotatable bonds is 7. The number of hydrogen-bond acceptors (Lipinski definition) is 3. The van der Waals surface area contributed by atoms with E-state index in [1.165, 1.54) is 6.07 Å². The zero-order valence-corrected chi connectivity index (χ0v) is 16.9. The van der Waals surface area contributed by atoms with E-state index in [2.05, 4.69) is 20.5 Å². The molecular formula is C20H32FN5O. The summed E-state index contributed by atoms with van der Waals surface area (Å²) in [6, 6.07) is 5.13. The number of nitrogens with zero attached hydrogens (tertiary/aromatic N) is 3. The molecule has 1 atom stereocenters. The summed E-state index contributed by atoms with van der Waals surface area (Å²) in [6.07, 6.45) is 2.97. The number of hydrogen-bond donors (Lipinski definition) is 2. The first-order valence-electron chi connectivity index (χ1n) is 9.57. The molecule has 1 saturated heterocycles. The molecule has 2 N–H and O–H groups in total. The lowest BCUT2D eigenvalue weighted by atomic mass is 10.1. The summed E-state index contributed by atoms with van der Waals surface area (Å²) in [5, 5.41) is 6.54. The molecule has 0 saturated carbocycles. The number of nitrogens with one attached hydrogen (secondary N) is 2. The highest BCUT2D eigenvalue weighted by Gasteiger charge is 2.30. The Bertz CT molecular complexity index is 662. The zero-order chi connectivity index (χ0) is 19.8. The minimum Gasteiger partial charge on any atom is -0.356 e. The number of carbonyl (C=O) groups excluding carboxylic acids is 1. The van der Waals surface area contributed by atoms with Gasteiger partial charge in [-0.2, -0.15) is 0 Å². The molecule has 1 aromatic rings. The Balaban J connectivity index is 1.71. The van der Waals surface area contributed by atoms with Crippen molar-refractivity contribution in [1.29, 1.82) is 0 Å². The third-order valence-corrected chi connectivity index (χ3v) is 4.91. The minimum atomic E-state index is -0.186. The predicted octanol–water partition coefficient (Wildman–Crippen LogP) is 1.74. The Morgan fingerprint density at radius 3 is 2.81 bits per heavy atom. The molecule has 0 spiro atoms. The van der Waals surface area contributed by atoms with E-state index in [0.29, 0.717) is 12.1 Å². The summed E-state index contributed by atoms with van der Waals surface area (Å²) in [6.45, 7) is 5.01. The Morgan fingerprint density at radius 2 is 2.15 bits per heavy atom. The number of amides is 1. The van der Waals surface area contributed by atoms with Crippen molar-refractivity contribution in [1.82, 2.24) is 20.4 Å². The van der Waals surface area contributed by atoms with Gasteiger partial charge in [0, 0.05) is 40.8 Å². The van der Waals surface area contributed by atoms with Crippen molar-refractivity contribution in [3.05, 3.63) is 35.1 Å². The third-order valence-electron chi connectivity index (χ3n) is 4.91.